The molecule has 1 N–H and O–H groups in total. The van der Waals surface area contributed by atoms with Gasteiger partial charge in [-0.2, -0.15) is 0 Å². The molecule has 1 atom stereocenters. The summed E-state index contributed by atoms with van der Waals surface area (Å²) >= 11 is 0. The number of carboxylic acid groups (broad SMARTS) is 1. The van der Waals surface area contributed by atoms with Crippen molar-refractivity contribution in [3.8, 4) is 0 Å². The van der Waals surface area contributed by atoms with E-state index in [1.807, 2.05) is 18.7 Å². The lowest BCUT2D eigenvalue weighted by Crippen LogP contribution is -2.49. The molecule has 3 rings (SSSR count). The Morgan fingerprint density at radius 3 is 2.34 bits per heavy atom. The molecule has 1 aliphatic rings. The van der Waals surface area contributed by atoms with E-state index in [1.54, 1.807) is 28.0 Å². The maximum atomic E-state index is 14.9. The third-order valence-electron chi connectivity index (χ3n) is 5.74. The molecular weight excluding hydrogens is 416 g/mol. The van der Waals surface area contributed by atoms with Gasteiger partial charge in [0.2, 0.25) is 5.91 Å². The molecular formula is C24H29F2N3O3. The molecule has 1 unspecified atom stereocenters. The predicted molar refractivity (Wildman–Crippen MR) is 120 cm³/mol. The van der Waals surface area contributed by atoms with E-state index in [4.69, 9.17) is 0 Å². The van der Waals surface area contributed by atoms with Crippen molar-refractivity contribution in [2.75, 3.05) is 42.5 Å². The fourth-order valence-corrected chi connectivity index (χ4v) is 4.18. The van der Waals surface area contributed by atoms with Gasteiger partial charge in [0.15, 0.2) is 0 Å². The van der Waals surface area contributed by atoms with Gasteiger partial charge in [-0.25, -0.2) is 8.78 Å². The summed E-state index contributed by atoms with van der Waals surface area (Å²) in [5.74, 6) is -1.98. The van der Waals surface area contributed by atoms with Crippen molar-refractivity contribution in [1.29, 1.82) is 0 Å². The van der Waals surface area contributed by atoms with Gasteiger partial charge in [0.25, 0.3) is 0 Å². The van der Waals surface area contributed by atoms with Crippen LogP contribution in [-0.2, 0) is 9.59 Å². The molecule has 0 aliphatic carbocycles. The molecule has 0 radical (unpaired) electrons. The average molecular weight is 446 g/mol. The maximum absolute atomic E-state index is 14.9. The molecule has 0 bridgehead atoms. The molecule has 0 aromatic heterocycles. The zero-order valence-corrected chi connectivity index (χ0v) is 18.4. The van der Waals surface area contributed by atoms with Gasteiger partial charge in [-0.15, -0.1) is 0 Å². The number of carbonyl (C=O) groups is 2. The van der Waals surface area contributed by atoms with Crippen molar-refractivity contribution in [3.05, 3.63) is 59.7 Å². The van der Waals surface area contributed by atoms with Crippen LogP contribution < -0.4 is 9.80 Å². The summed E-state index contributed by atoms with van der Waals surface area (Å²) in [6, 6.07) is 9.46. The Labute approximate surface area is 187 Å². The lowest BCUT2D eigenvalue weighted by Gasteiger charge is -2.39. The topological polar surface area (TPSA) is 64.1 Å². The minimum Gasteiger partial charge on any atom is -0.480 e. The number of hydrogen-bond acceptors (Lipinski definition) is 4. The molecule has 6 nitrogen and oxygen atoms in total. The number of benzene rings is 2. The third-order valence-corrected chi connectivity index (χ3v) is 5.74. The number of hydrogen-bond donors (Lipinski definition) is 1. The monoisotopic (exact) mass is 445 g/mol. The maximum Gasteiger partial charge on any atom is 0.325 e. The van der Waals surface area contributed by atoms with E-state index in [0.717, 1.165) is 6.42 Å². The van der Waals surface area contributed by atoms with Crippen LogP contribution in [0, 0.1) is 11.6 Å². The van der Waals surface area contributed by atoms with Crippen molar-refractivity contribution in [2.45, 2.75) is 32.7 Å². The van der Waals surface area contributed by atoms with E-state index in [9.17, 15) is 23.5 Å². The molecule has 1 aliphatic heterocycles. The summed E-state index contributed by atoms with van der Waals surface area (Å²) in [6.07, 6.45) is 1.14. The van der Waals surface area contributed by atoms with Crippen LogP contribution in [0.5, 0.6) is 0 Å². The fourth-order valence-electron chi connectivity index (χ4n) is 4.18. The Balaban J connectivity index is 1.72. The number of halogens is 2. The Hall–Kier alpha value is -3.00. The lowest BCUT2D eigenvalue weighted by atomic mass is 10.0. The van der Waals surface area contributed by atoms with Gasteiger partial charge >= 0.3 is 5.97 Å². The van der Waals surface area contributed by atoms with E-state index in [2.05, 4.69) is 0 Å². The van der Waals surface area contributed by atoms with Gasteiger partial charge in [-0.3, -0.25) is 14.5 Å². The molecule has 8 heteroatoms. The highest BCUT2D eigenvalue weighted by Crippen LogP contribution is 2.29. The summed E-state index contributed by atoms with van der Waals surface area (Å²) in [5, 5.41) is 9.72. The first-order valence-electron chi connectivity index (χ1n) is 10.9. The molecule has 2 aromatic rings. The zero-order valence-electron chi connectivity index (χ0n) is 18.4. The van der Waals surface area contributed by atoms with Gasteiger partial charge < -0.3 is 14.9 Å². The molecule has 0 spiro atoms. The van der Waals surface area contributed by atoms with E-state index < -0.39 is 23.6 Å². The van der Waals surface area contributed by atoms with Crippen molar-refractivity contribution in [2.24, 2.45) is 0 Å². The Bertz CT molecular complexity index is 961. The molecule has 0 saturated carbocycles. The third kappa shape index (κ3) is 5.24. The van der Waals surface area contributed by atoms with Crippen LogP contribution in [0.1, 0.15) is 38.3 Å². The van der Waals surface area contributed by atoms with E-state index in [1.165, 1.54) is 24.3 Å². The number of rotatable bonds is 8. The van der Waals surface area contributed by atoms with E-state index in [-0.39, 0.29) is 5.91 Å². The molecule has 2 aromatic carbocycles. The highest BCUT2D eigenvalue weighted by atomic mass is 19.1. The van der Waals surface area contributed by atoms with Crippen LogP contribution in [0.15, 0.2) is 42.5 Å². The Kier molecular flexibility index (Phi) is 7.80. The molecule has 172 valence electrons. The zero-order chi connectivity index (χ0) is 23.3. The number of anilines is 2. The largest absolute Gasteiger partial charge is 0.480 e. The quantitative estimate of drug-likeness (QED) is 0.664. The van der Waals surface area contributed by atoms with Crippen molar-refractivity contribution in [1.82, 2.24) is 4.90 Å². The molecule has 1 heterocycles. The number of carboxylic acids is 1. The van der Waals surface area contributed by atoms with Crippen LogP contribution in [0.3, 0.4) is 0 Å². The first kappa shape index (κ1) is 23.7. The number of aliphatic carboxylic acids is 1. The second-order valence-electron chi connectivity index (χ2n) is 7.84. The first-order valence-corrected chi connectivity index (χ1v) is 10.9. The summed E-state index contributed by atoms with van der Waals surface area (Å²) < 4.78 is 28.6. The SMILES string of the molecule is CCCC(=O)N(CC)c1ccc(N2CCN(C(C(=O)O)c3cccc(F)c3)CC2)c(F)c1. The minimum absolute atomic E-state index is 0.0344. The van der Waals surface area contributed by atoms with Crippen LogP contribution >= 0.6 is 0 Å². The molecule has 1 amide bonds. The fraction of sp³-hybridized carbons (Fsp3) is 0.417. The van der Waals surface area contributed by atoms with Gasteiger partial charge in [0.1, 0.15) is 17.7 Å². The van der Waals surface area contributed by atoms with Gasteiger partial charge in [0, 0.05) is 44.8 Å². The number of nitrogens with zero attached hydrogens (tertiary/aromatic N) is 3. The summed E-state index contributed by atoms with van der Waals surface area (Å²) in [6.45, 7) is 5.90. The van der Waals surface area contributed by atoms with Crippen molar-refractivity contribution >= 4 is 23.3 Å². The van der Waals surface area contributed by atoms with E-state index in [0.29, 0.717) is 56.1 Å². The molecule has 1 fully saturated rings. The molecule has 32 heavy (non-hydrogen) atoms. The smallest absolute Gasteiger partial charge is 0.325 e. The van der Waals surface area contributed by atoms with Crippen LogP contribution in [-0.4, -0.2) is 54.6 Å². The number of carbonyl (C=O) groups excluding carboxylic acids is 1. The summed E-state index contributed by atoms with van der Waals surface area (Å²) in [5.41, 5.74) is 1.34. The summed E-state index contributed by atoms with van der Waals surface area (Å²) in [7, 11) is 0. The average Bonchev–Trinajstić information content (AvgIpc) is 2.75. The minimum atomic E-state index is -1.05. The lowest BCUT2D eigenvalue weighted by molar-refractivity contribution is -0.143. The van der Waals surface area contributed by atoms with Gasteiger partial charge in [0.05, 0.1) is 5.69 Å². The van der Waals surface area contributed by atoms with Gasteiger partial charge in [-0.1, -0.05) is 19.1 Å². The Morgan fingerprint density at radius 2 is 1.78 bits per heavy atom. The van der Waals surface area contributed by atoms with Crippen LogP contribution in [0.2, 0.25) is 0 Å². The van der Waals surface area contributed by atoms with Crippen molar-refractivity contribution < 1.29 is 23.5 Å². The van der Waals surface area contributed by atoms with Gasteiger partial charge in [-0.05, 0) is 49.2 Å². The molecule has 1 saturated heterocycles. The first-order chi connectivity index (χ1) is 15.3. The van der Waals surface area contributed by atoms with Crippen LogP contribution in [0.4, 0.5) is 20.2 Å². The number of piperazine rings is 1. The Morgan fingerprint density at radius 1 is 1.06 bits per heavy atom. The second-order valence-corrected chi connectivity index (χ2v) is 7.84. The highest BCUT2D eigenvalue weighted by molar-refractivity contribution is 5.93. The van der Waals surface area contributed by atoms with E-state index >= 15 is 0 Å². The second kappa shape index (κ2) is 10.5. The van der Waals surface area contributed by atoms with Crippen molar-refractivity contribution in [3.63, 3.8) is 0 Å². The highest BCUT2D eigenvalue weighted by Gasteiger charge is 2.31. The number of amides is 1. The standard InChI is InChI=1S/C24H29F2N3O3/c1-3-6-22(30)29(4-2)19-9-10-21(20(26)16-19)27-11-13-28(14-12-27)23(24(31)32)17-7-5-8-18(25)15-17/h5,7-10,15-16,23H,3-4,6,11-14H2,1-2H3,(H,31,32). The normalized spacial score (nSPS) is 15.4. The predicted octanol–water partition coefficient (Wildman–Crippen LogP) is 4.07. The summed E-state index contributed by atoms with van der Waals surface area (Å²) in [4.78, 5) is 29.4. The van der Waals surface area contributed by atoms with Crippen LogP contribution in [0.25, 0.3) is 0 Å².